The molecule has 1 unspecified atom stereocenters. The molecule has 0 saturated heterocycles. The van der Waals surface area contributed by atoms with E-state index in [0.717, 1.165) is 27.9 Å². The first-order valence-corrected chi connectivity index (χ1v) is 5.97. The van der Waals surface area contributed by atoms with E-state index in [1.54, 1.807) is 11.8 Å². The molecule has 1 aromatic rings. The first kappa shape index (κ1) is 11.4. The van der Waals surface area contributed by atoms with Crippen LogP contribution in [-0.4, -0.2) is 10.7 Å². The monoisotopic (exact) mass is 210 g/mol. The van der Waals surface area contributed by atoms with Crippen LogP contribution in [0.25, 0.3) is 0 Å². The third-order valence-electron chi connectivity index (χ3n) is 2.22. The lowest BCUT2D eigenvalue weighted by Crippen LogP contribution is -1.98. The second-order valence-corrected chi connectivity index (χ2v) is 4.74. The lowest BCUT2D eigenvalue weighted by molar-refractivity contribution is 0.636. The van der Waals surface area contributed by atoms with Crippen LogP contribution in [0.2, 0.25) is 0 Å². The summed E-state index contributed by atoms with van der Waals surface area (Å²) in [7, 11) is 0. The fourth-order valence-corrected chi connectivity index (χ4v) is 2.07. The lowest BCUT2D eigenvalue weighted by Gasteiger charge is -2.08. The Kier molecular flexibility index (Phi) is 4.26. The molecule has 0 radical (unpaired) electrons. The maximum Gasteiger partial charge on any atom is 0.119 e. The van der Waals surface area contributed by atoms with Crippen LogP contribution in [0.5, 0.6) is 0 Å². The molecule has 0 aliphatic carbocycles. The number of nitrogen functional groups attached to an aromatic ring is 1. The van der Waals surface area contributed by atoms with Gasteiger partial charge in [0.2, 0.25) is 0 Å². The minimum Gasteiger partial charge on any atom is -0.397 e. The van der Waals surface area contributed by atoms with E-state index in [-0.39, 0.29) is 0 Å². The Morgan fingerprint density at radius 3 is 2.86 bits per heavy atom. The highest BCUT2D eigenvalue weighted by Crippen LogP contribution is 2.25. The van der Waals surface area contributed by atoms with Crippen molar-refractivity contribution >= 4 is 17.4 Å². The molecule has 0 aliphatic rings. The van der Waals surface area contributed by atoms with E-state index < -0.39 is 0 Å². The molecular formula is C11H18N2S. The van der Waals surface area contributed by atoms with Gasteiger partial charge in [-0.3, -0.25) is 0 Å². The average molecular weight is 210 g/mol. The Morgan fingerprint density at radius 1 is 1.57 bits per heavy atom. The summed E-state index contributed by atoms with van der Waals surface area (Å²) in [6, 6.07) is 1.98. The van der Waals surface area contributed by atoms with E-state index >= 15 is 0 Å². The molecule has 0 amide bonds. The number of thioether (sulfide) groups is 1. The van der Waals surface area contributed by atoms with Crippen molar-refractivity contribution in [3.05, 3.63) is 17.8 Å². The number of nitrogens with zero attached hydrogens (tertiary/aromatic N) is 1. The zero-order valence-electron chi connectivity index (χ0n) is 9.08. The van der Waals surface area contributed by atoms with E-state index in [1.165, 1.54) is 6.42 Å². The van der Waals surface area contributed by atoms with Crippen molar-refractivity contribution in [2.75, 3.05) is 11.5 Å². The maximum absolute atomic E-state index is 5.87. The summed E-state index contributed by atoms with van der Waals surface area (Å²) in [4.78, 5) is 4.32. The number of rotatable bonds is 4. The van der Waals surface area contributed by atoms with Crippen LogP contribution in [0.3, 0.4) is 0 Å². The molecule has 14 heavy (non-hydrogen) atoms. The van der Waals surface area contributed by atoms with Gasteiger partial charge in [0.05, 0.1) is 5.69 Å². The van der Waals surface area contributed by atoms with Gasteiger partial charge in [-0.15, -0.1) is 11.8 Å². The van der Waals surface area contributed by atoms with Crippen LogP contribution in [0.1, 0.15) is 25.8 Å². The number of aromatic nitrogens is 1. The normalized spacial score (nSPS) is 12.8. The average Bonchev–Trinajstić information content (AvgIpc) is 2.16. The first-order valence-electron chi connectivity index (χ1n) is 4.98. The summed E-state index contributed by atoms with van der Waals surface area (Å²) in [6.07, 6.45) is 3.08. The van der Waals surface area contributed by atoms with Gasteiger partial charge in [0.15, 0.2) is 0 Å². The van der Waals surface area contributed by atoms with Gasteiger partial charge in [-0.25, -0.2) is 4.98 Å². The summed E-state index contributed by atoms with van der Waals surface area (Å²) >= 11 is 1.75. The van der Waals surface area contributed by atoms with Crippen molar-refractivity contribution in [2.24, 2.45) is 5.92 Å². The molecule has 0 fully saturated rings. The van der Waals surface area contributed by atoms with E-state index in [2.05, 4.69) is 18.8 Å². The zero-order valence-corrected chi connectivity index (χ0v) is 9.90. The molecule has 2 N–H and O–H groups in total. The summed E-state index contributed by atoms with van der Waals surface area (Å²) in [5.74, 6) is 1.82. The van der Waals surface area contributed by atoms with Crippen LogP contribution in [0, 0.1) is 12.8 Å². The van der Waals surface area contributed by atoms with Gasteiger partial charge in [0.25, 0.3) is 0 Å². The third-order valence-corrected chi connectivity index (χ3v) is 3.57. The van der Waals surface area contributed by atoms with Crippen molar-refractivity contribution < 1.29 is 0 Å². The molecule has 1 atom stereocenters. The van der Waals surface area contributed by atoms with Crippen LogP contribution in [0.4, 0.5) is 5.69 Å². The van der Waals surface area contributed by atoms with Crippen LogP contribution in [0.15, 0.2) is 17.3 Å². The van der Waals surface area contributed by atoms with Crippen LogP contribution < -0.4 is 5.73 Å². The third kappa shape index (κ3) is 3.22. The highest BCUT2D eigenvalue weighted by Gasteiger charge is 2.04. The molecule has 3 heteroatoms. The van der Waals surface area contributed by atoms with Crippen molar-refractivity contribution in [1.82, 2.24) is 4.98 Å². The highest BCUT2D eigenvalue weighted by molar-refractivity contribution is 7.99. The molecule has 0 saturated carbocycles. The fourth-order valence-electron chi connectivity index (χ4n) is 1.04. The van der Waals surface area contributed by atoms with Gasteiger partial charge in [-0.2, -0.15) is 0 Å². The van der Waals surface area contributed by atoms with E-state index in [1.807, 2.05) is 19.2 Å². The minimum absolute atomic E-state index is 0.725. The van der Waals surface area contributed by atoms with Gasteiger partial charge >= 0.3 is 0 Å². The van der Waals surface area contributed by atoms with E-state index in [0.29, 0.717) is 0 Å². The Labute approximate surface area is 90.3 Å². The Hall–Kier alpha value is -0.700. The summed E-state index contributed by atoms with van der Waals surface area (Å²) in [6.45, 7) is 6.46. The van der Waals surface area contributed by atoms with E-state index in [4.69, 9.17) is 5.73 Å². The van der Waals surface area contributed by atoms with Gasteiger partial charge in [0.1, 0.15) is 5.03 Å². The number of pyridine rings is 1. The van der Waals surface area contributed by atoms with Crippen molar-refractivity contribution in [1.29, 1.82) is 0 Å². The highest BCUT2D eigenvalue weighted by atomic mass is 32.2. The number of hydrogen-bond acceptors (Lipinski definition) is 3. The van der Waals surface area contributed by atoms with Crippen molar-refractivity contribution in [2.45, 2.75) is 32.2 Å². The molecule has 2 nitrogen and oxygen atoms in total. The molecule has 1 heterocycles. The molecule has 78 valence electrons. The van der Waals surface area contributed by atoms with Gasteiger partial charge < -0.3 is 5.73 Å². The molecule has 0 spiro atoms. The SMILES string of the molecule is CCC(C)CSc1ncc(C)cc1N. The number of anilines is 1. The van der Waals surface area contributed by atoms with Gasteiger partial charge in [-0.1, -0.05) is 20.3 Å². The predicted octanol–water partition coefficient (Wildman–Crippen LogP) is 3.11. The van der Waals surface area contributed by atoms with Crippen molar-refractivity contribution in [3.63, 3.8) is 0 Å². The molecule has 1 rings (SSSR count). The lowest BCUT2D eigenvalue weighted by atomic mass is 10.2. The van der Waals surface area contributed by atoms with Gasteiger partial charge in [0, 0.05) is 11.9 Å². The number of aryl methyl sites for hydroxylation is 1. The Morgan fingerprint density at radius 2 is 2.29 bits per heavy atom. The fraction of sp³-hybridized carbons (Fsp3) is 0.545. The smallest absolute Gasteiger partial charge is 0.119 e. The summed E-state index contributed by atoms with van der Waals surface area (Å²) in [5.41, 5.74) is 7.79. The predicted molar refractivity (Wildman–Crippen MR) is 63.6 cm³/mol. The quantitative estimate of drug-likeness (QED) is 0.776. The van der Waals surface area contributed by atoms with Crippen LogP contribution >= 0.6 is 11.8 Å². The second-order valence-electron chi connectivity index (χ2n) is 3.73. The summed E-state index contributed by atoms with van der Waals surface area (Å²) < 4.78 is 0. The molecule has 0 aliphatic heterocycles. The first-order chi connectivity index (χ1) is 6.63. The molecule has 0 bridgehead atoms. The van der Waals surface area contributed by atoms with Crippen molar-refractivity contribution in [3.8, 4) is 0 Å². The second kappa shape index (κ2) is 5.25. The molecule has 1 aromatic heterocycles. The molecule has 0 aromatic carbocycles. The maximum atomic E-state index is 5.87. The van der Waals surface area contributed by atoms with Gasteiger partial charge in [-0.05, 0) is 24.5 Å². The molecular weight excluding hydrogens is 192 g/mol. The Bertz CT molecular complexity index is 299. The Balaban J connectivity index is 2.59. The zero-order chi connectivity index (χ0) is 10.6. The standard InChI is InChI=1S/C11H18N2S/c1-4-8(2)7-14-11-10(12)5-9(3)6-13-11/h5-6,8H,4,7,12H2,1-3H3. The van der Waals surface area contributed by atoms with E-state index in [9.17, 15) is 0 Å². The summed E-state index contributed by atoms with van der Waals surface area (Å²) in [5, 5.41) is 0.968. The minimum atomic E-state index is 0.725. The number of hydrogen-bond donors (Lipinski definition) is 1. The topological polar surface area (TPSA) is 38.9 Å². The van der Waals surface area contributed by atoms with Crippen LogP contribution in [-0.2, 0) is 0 Å². The largest absolute Gasteiger partial charge is 0.397 e. The number of nitrogens with two attached hydrogens (primary N) is 1.